The number of carbonyl (C=O) groups excluding carboxylic acids is 4. The molecule has 17 nitrogen and oxygen atoms in total. The van der Waals surface area contributed by atoms with E-state index < -0.39 is 87.1 Å². The van der Waals surface area contributed by atoms with Gasteiger partial charge in [-0.15, -0.1) is 0 Å². The summed E-state index contributed by atoms with van der Waals surface area (Å²) in [6.45, 7) is 13.8. The van der Waals surface area contributed by atoms with Gasteiger partial charge in [-0.2, -0.15) is 14.9 Å². The molecule has 2 aliphatic heterocycles. The summed E-state index contributed by atoms with van der Waals surface area (Å²) < 4.78 is 72.8. The summed E-state index contributed by atoms with van der Waals surface area (Å²) in [5.41, 5.74) is -3.52. The van der Waals surface area contributed by atoms with Gasteiger partial charge in [0.05, 0.1) is 37.1 Å². The number of amides is 2. The highest BCUT2D eigenvalue weighted by Gasteiger charge is 2.50. The number of nitrogens with zero attached hydrogens (tertiary/aromatic N) is 6. The standard InChI is InChI=1S/C38H50ClFN6O11S/c1-10-53-32(48)38(23(3)47,19-24-13-15-25(16-14-24)45-17-11-12-18-58(45,51)52)54-20-26-22(2)27(40)31(55-26)44-21-41-28-29(44)42-33(39)43-30(28)46(34(49)56-36(4,5)6)35(50)57-37(7,8)9/h13-16,21-22,26-27,31H,10-12,17-20H2,1-9H3/t22-,26-,27+,31-,38?/m1/s1. The molecule has 0 N–H and O–H groups in total. The maximum Gasteiger partial charge on any atom is 0.425 e. The quantitative estimate of drug-likeness (QED) is 0.0927. The summed E-state index contributed by atoms with van der Waals surface area (Å²) in [4.78, 5) is 67.0. The smallest absolute Gasteiger partial charge is 0.425 e. The Kier molecular flexibility index (Phi) is 13.1. The normalized spacial score (nSPS) is 21.9. The maximum atomic E-state index is 16.3. The zero-order chi connectivity index (χ0) is 43.0. The van der Waals surface area contributed by atoms with Crippen LogP contribution < -0.4 is 9.21 Å². The Balaban J connectivity index is 1.43. The highest BCUT2D eigenvalue weighted by Crippen LogP contribution is 2.40. The molecular weight excluding hydrogens is 803 g/mol. The van der Waals surface area contributed by atoms with Crippen LogP contribution in [0.1, 0.15) is 86.9 Å². The summed E-state index contributed by atoms with van der Waals surface area (Å²) in [6.07, 6.45) is -4.24. The predicted molar refractivity (Wildman–Crippen MR) is 210 cm³/mol. The molecular formula is C38H50ClFN6O11S. The summed E-state index contributed by atoms with van der Waals surface area (Å²) in [7, 11) is -3.47. The summed E-state index contributed by atoms with van der Waals surface area (Å²) >= 11 is 6.33. The van der Waals surface area contributed by atoms with Gasteiger partial charge in [0.25, 0.3) is 0 Å². The van der Waals surface area contributed by atoms with Crippen molar-refractivity contribution in [2.75, 3.05) is 34.7 Å². The van der Waals surface area contributed by atoms with Crippen molar-refractivity contribution in [3.8, 4) is 0 Å². The van der Waals surface area contributed by atoms with Crippen LogP contribution in [0.15, 0.2) is 30.6 Å². The number of halogens is 2. The molecule has 318 valence electrons. The number of rotatable bonds is 11. The molecule has 1 unspecified atom stereocenters. The van der Waals surface area contributed by atoms with Crippen LogP contribution in [0, 0.1) is 5.92 Å². The second-order valence-corrected chi connectivity index (χ2v) is 18.5. The lowest BCUT2D eigenvalue weighted by atomic mass is 9.90. The van der Waals surface area contributed by atoms with Gasteiger partial charge in [-0.05, 0) is 97.5 Å². The van der Waals surface area contributed by atoms with Gasteiger partial charge in [0.2, 0.25) is 20.9 Å². The van der Waals surface area contributed by atoms with E-state index in [1.54, 1.807) is 79.7 Å². The molecule has 2 aromatic heterocycles. The molecule has 2 saturated heterocycles. The minimum absolute atomic E-state index is 0.0432. The number of alkyl halides is 1. The van der Waals surface area contributed by atoms with E-state index in [0.717, 1.165) is 0 Å². The first kappa shape index (κ1) is 44.6. The van der Waals surface area contributed by atoms with E-state index in [0.29, 0.717) is 35.5 Å². The lowest BCUT2D eigenvalue weighted by Gasteiger charge is -2.31. The first-order valence-electron chi connectivity index (χ1n) is 18.8. The van der Waals surface area contributed by atoms with Crippen LogP contribution in [0.4, 0.5) is 25.5 Å². The number of Topliss-reactive ketones (excluding diaryl/α,β-unsaturated/α-hetero) is 1. The van der Waals surface area contributed by atoms with Crippen molar-refractivity contribution < 1.29 is 55.7 Å². The van der Waals surface area contributed by atoms with Crippen molar-refractivity contribution in [1.82, 2.24) is 19.5 Å². The topological polar surface area (TPSA) is 199 Å². The van der Waals surface area contributed by atoms with E-state index >= 15 is 4.39 Å². The third kappa shape index (κ3) is 9.69. The number of anilines is 2. The van der Waals surface area contributed by atoms with E-state index in [2.05, 4.69) is 15.0 Å². The number of aromatic nitrogens is 4. The van der Waals surface area contributed by atoms with Gasteiger partial charge >= 0.3 is 18.2 Å². The van der Waals surface area contributed by atoms with Gasteiger partial charge in [-0.1, -0.05) is 19.1 Å². The van der Waals surface area contributed by atoms with Crippen LogP contribution in [-0.4, -0.2) is 106 Å². The highest BCUT2D eigenvalue weighted by molar-refractivity contribution is 7.92. The number of imide groups is 1. The fraction of sp³-hybridized carbons (Fsp3) is 0.605. The van der Waals surface area contributed by atoms with Crippen molar-refractivity contribution in [2.45, 2.75) is 117 Å². The van der Waals surface area contributed by atoms with Gasteiger partial charge < -0.3 is 23.7 Å². The van der Waals surface area contributed by atoms with E-state index in [1.165, 1.54) is 22.1 Å². The second kappa shape index (κ2) is 17.0. The van der Waals surface area contributed by atoms with Gasteiger partial charge in [-0.3, -0.25) is 13.7 Å². The number of carbonyl (C=O) groups is 4. The van der Waals surface area contributed by atoms with Crippen LogP contribution >= 0.6 is 11.6 Å². The minimum atomic E-state index is -3.47. The average molecular weight is 853 g/mol. The molecule has 1 aromatic carbocycles. The lowest BCUT2D eigenvalue weighted by Crippen LogP contribution is -2.52. The number of benzene rings is 1. The number of esters is 1. The predicted octanol–water partition coefficient (Wildman–Crippen LogP) is 6.11. The average Bonchev–Trinajstić information content (AvgIpc) is 3.64. The van der Waals surface area contributed by atoms with Crippen molar-refractivity contribution in [3.63, 3.8) is 0 Å². The van der Waals surface area contributed by atoms with Crippen LogP contribution in [0.25, 0.3) is 11.2 Å². The molecule has 58 heavy (non-hydrogen) atoms. The van der Waals surface area contributed by atoms with Crippen molar-refractivity contribution in [2.24, 2.45) is 5.92 Å². The van der Waals surface area contributed by atoms with Crippen LogP contribution in [0.2, 0.25) is 5.28 Å². The SMILES string of the molecule is CCOC(=O)C(Cc1ccc(N2CCCCS2(=O)=O)cc1)(OC[C@H]1O[C@@H](n2cnc3c(N(C(=O)OC(C)(C)C)C(=O)OC(C)(C)C)nc(Cl)nc32)[C@@H](F)[C@@H]1C)C(C)=O. The summed E-state index contributed by atoms with van der Waals surface area (Å²) in [5.74, 6) is -2.85. The molecule has 0 radical (unpaired) electrons. The third-order valence-corrected chi connectivity index (χ3v) is 11.4. The highest BCUT2D eigenvalue weighted by atomic mass is 35.5. The first-order chi connectivity index (χ1) is 27.0. The number of ketones is 1. The van der Waals surface area contributed by atoms with Gasteiger partial charge in [0, 0.05) is 18.9 Å². The fourth-order valence-corrected chi connectivity index (χ4v) is 8.30. The van der Waals surface area contributed by atoms with Gasteiger partial charge in [0.1, 0.15) is 11.2 Å². The van der Waals surface area contributed by atoms with Gasteiger partial charge in [0.15, 0.2) is 35.2 Å². The van der Waals surface area contributed by atoms with Gasteiger partial charge in [-0.25, -0.2) is 32.2 Å². The molecule has 4 heterocycles. The largest absolute Gasteiger partial charge is 0.463 e. The Morgan fingerprint density at radius 2 is 1.62 bits per heavy atom. The lowest BCUT2D eigenvalue weighted by molar-refractivity contribution is -0.182. The molecule has 2 amide bonds. The fourth-order valence-electron chi connectivity index (χ4n) is 6.50. The monoisotopic (exact) mass is 852 g/mol. The third-order valence-electron chi connectivity index (χ3n) is 9.38. The van der Waals surface area contributed by atoms with Crippen molar-refractivity contribution >= 4 is 68.2 Å². The Labute approximate surface area is 341 Å². The second-order valence-electron chi connectivity index (χ2n) is 16.2. The Hall–Kier alpha value is -4.46. The molecule has 0 aliphatic carbocycles. The van der Waals surface area contributed by atoms with Crippen LogP contribution in [0.3, 0.4) is 0 Å². The molecule has 3 aromatic rings. The first-order valence-corrected chi connectivity index (χ1v) is 20.8. The zero-order valence-corrected chi connectivity index (χ0v) is 35.6. The van der Waals surface area contributed by atoms with Crippen molar-refractivity contribution in [3.05, 3.63) is 41.4 Å². The number of ether oxygens (including phenoxy) is 5. The van der Waals surface area contributed by atoms with Crippen LogP contribution in [-0.2, 0) is 49.7 Å². The molecule has 2 fully saturated rings. The number of hydrogen-bond donors (Lipinski definition) is 0. The molecule has 0 saturated carbocycles. The molecule has 0 spiro atoms. The van der Waals surface area contributed by atoms with E-state index in [-0.39, 0.29) is 35.8 Å². The molecule has 5 rings (SSSR count). The zero-order valence-electron chi connectivity index (χ0n) is 34.0. The van der Waals surface area contributed by atoms with E-state index in [1.807, 2.05) is 0 Å². The molecule has 2 aliphatic rings. The Morgan fingerprint density at radius 1 is 1.00 bits per heavy atom. The van der Waals surface area contributed by atoms with Crippen molar-refractivity contribution in [1.29, 1.82) is 0 Å². The maximum absolute atomic E-state index is 16.3. The minimum Gasteiger partial charge on any atom is -0.463 e. The number of hydrogen-bond acceptors (Lipinski definition) is 14. The molecule has 0 bridgehead atoms. The Morgan fingerprint density at radius 3 is 2.17 bits per heavy atom. The Bertz CT molecular complexity index is 2110. The molecule has 5 atom stereocenters. The molecule has 20 heteroatoms. The summed E-state index contributed by atoms with van der Waals surface area (Å²) in [5, 5.41) is -0.422. The number of sulfonamides is 1. The number of fused-ring (bicyclic) bond motifs is 1. The van der Waals surface area contributed by atoms with Crippen LogP contribution in [0.5, 0.6) is 0 Å². The van der Waals surface area contributed by atoms with E-state index in [9.17, 15) is 27.6 Å². The summed E-state index contributed by atoms with van der Waals surface area (Å²) in [6, 6.07) is 6.43. The number of imidazole rings is 1. The van der Waals surface area contributed by atoms with E-state index in [4.69, 9.17) is 35.3 Å².